The fourth-order valence-electron chi connectivity index (χ4n) is 4.91. The zero-order valence-electron chi connectivity index (χ0n) is 32.2. The van der Waals surface area contributed by atoms with Gasteiger partial charge in [-0.1, -0.05) is 140 Å². The van der Waals surface area contributed by atoms with Gasteiger partial charge in [0.1, 0.15) is 19.3 Å². The van der Waals surface area contributed by atoms with E-state index in [0.29, 0.717) is 24.1 Å². The minimum Gasteiger partial charge on any atom is -0.457 e. The number of carbonyl (C=O) groups is 1. The number of phosphoric acid groups is 1. The van der Waals surface area contributed by atoms with E-state index in [0.717, 1.165) is 57.8 Å². The second-order valence-electron chi connectivity index (χ2n) is 13.9. The summed E-state index contributed by atoms with van der Waals surface area (Å²) < 4.78 is 34.8. The van der Waals surface area contributed by atoms with E-state index in [1.165, 1.54) is 64.2 Å². The zero-order valence-corrected chi connectivity index (χ0v) is 33.1. The van der Waals surface area contributed by atoms with Crippen molar-refractivity contribution in [2.75, 3.05) is 54.1 Å². The first-order chi connectivity index (χ1) is 23.6. The predicted molar refractivity (Wildman–Crippen MR) is 206 cm³/mol. The molecule has 0 saturated heterocycles. The quantitative estimate of drug-likeness (QED) is 0.0230. The van der Waals surface area contributed by atoms with E-state index in [1.54, 1.807) is 0 Å². The third-order valence-corrected chi connectivity index (χ3v) is 8.89. The Bertz CT molecular complexity index is 926. The molecule has 2 atom stereocenters. The summed E-state index contributed by atoms with van der Waals surface area (Å²) in [4.78, 5) is 22.8. The highest BCUT2D eigenvalue weighted by molar-refractivity contribution is 7.47. The van der Waals surface area contributed by atoms with Gasteiger partial charge in [-0.15, -0.1) is 0 Å². The van der Waals surface area contributed by atoms with Crippen LogP contribution in [0, 0.1) is 0 Å². The fraction of sp³-hybridized carbons (Fsp3) is 0.775. The van der Waals surface area contributed by atoms with Crippen LogP contribution in [0.2, 0.25) is 0 Å². The number of nitrogens with zero attached hydrogens (tertiary/aromatic N) is 1. The maximum absolute atomic E-state index is 12.6. The molecule has 0 fully saturated rings. The van der Waals surface area contributed by atoms with Crippen molar-refractivity contribution in [3.63, 3.8) is 0 Å². The SMILES string of the molecule is CC/C=C\C/C=C\C/C=C\C/C=C\CCCOCC(COP(=O)(O)OCC[N+](C)(C)C)OC(=O)CCCCCCCCCCCCCCC. The van der Waals surface area contributed by atoms with Crippen LogP contribution in [0.3, 0.4) is 0 Å². The molecule has 0 aromatic rings. The summed E-state index contributed by atoms with van der Waals surface area (Å²) in [5.74, 6) is -0.334. The van der Waals surface area contributed by atoms with Crippen molar-refractivity contribution < 1.29 is 37.3 Å². The third kappa shape index (κ3) is 37.5. The minimum atomic E-state index is -4.28. The van der Waals surface area contributed by atoms with Gasteiger partial charge >= 0.3 is 13.8 Å². The van der Waals surface area contributed by atoms with E-state index < -0.39 is 13.9 Å². The van der Waals surface area contributed by atoms with Crippen LogP contribution in [0.4, 0.5) is 0 Å². The third-order valence-electron chi connectivity index (χ3n) is 7.90. The monoisotopic (exact) mass is 713 g/mol. The van der Waals surface area contributed by atoms with Crippen molar-refractivity contribution in [3.8, 4) is 0 Å². The Morgan fingerprint density at radius 2 is 1.16 bits per heavy atom. The number of likely N-dealkylation sites (N-methyl/N-ethyl adjacent to an activating group) is 1. The van der Waals surface area contributed by atoms with Crippen molar-refractivity contribution >= 4 is 13.8 Å². The average molecular weight is 713 g/mol. The number of rotatable bonds is 35. The summed E-state index contributed by atoms with van der Waals surface area (Å²) in [6.45, 7) is 5.34. The summed E-state index contributed by atoms with van der Waals surface area (Å²) in [6.07, 6.45) is 38.6. The Kier molecular flexibility index (Phi) is 32.5. The number of esters is 1. The molecule has 8 nitrogen and oxygen atoms in total. The normalized spacial score (nSPS) is 14.5. The van der Waals surface area contributed by atoms with Crippen LogP contribution in [0.25, 0.3) is 0 Å². The standard InChI is InChI=1S/C40H74NO7P/c1-6-8-10-12-14-16-18-20-22-24-26-28-30-32-35-45-37-39(38-47-49(43,44)46-36-34-41(3,4)5)48-40(42)33-31-29-27-25-23-21-19-17-15-13-11-9-7-2/h8,10,14,16,20,22,26,28,39H,6-7,9,11-13,15,17-19,21,23-25,27,29-38H2,1-5H3/p+1/b10-8-,16-14-,22-20-,28-26-. The fourth-order valence-corrected chi connectivity index (χ4v) is 5.65. The summed E-state index contributed by atoms with van der Waals surface area (Å²) in [5, 5.41) is 0. The van der Waals surface area contributed by atoms with Crippen LogP contribution in [0.1, 0.15) is 142 Å². The maximum Gasteiger partial charge on any atom is 0.472 e. The molecule has 9 heteroatoms. The first kappa shape index (κ1) is 47.5. The van der Waals surface area contributed by atoms with Crippen LogP contribution in [0.5, 0.6) is 0 Å². The molecule has 1 N–H and O–H groups in total. The van der Waals surface area contributed by atoms with E-state index in [4.69, 9.17) is 18.5 Å². The van der Waals surface area contributed by atoms with E-state index in [-0.39, 0.29) is 25.8 Å². The molecule has 0 rings (SSSR count). The van der Waals surface area contributed by atoms with Crippen molar-refractivity contribution in [1.82, 2.24) is 0 Å². The molecule has 2 unspecified atom stereocenters. The number of ether oxygens (including phenoxy) is 2. The highest BCUT2D eigenvalue weighted by Gasteiger charge is 2.26. The number of allylic oxidation sites excluding steroid dienone is 8. The summed E-state index contributed by atoms with van der Waals surface area (Å²) in [7, 11) is 1.63. The first-order valence-electron chi connectivity index (χ1n) is 19.4. The molecule has 0 amide bonds. The Labute approximate surface area is 301 Å². The maximum atomic E-state index is 12.6. The second-order valence-corrected chi connectivity index (χ2v) is 15.4. The van der Waals surface area contributed by atoms with Crippen LogP contribution in [-0.2, 0) is 27.9 Å². The second kappa shape index (κ2) is 33.6. The van der Waals surface area contributed by atoms with Gasteiger partial charge in [0.25, 0.3) is 0 Å². The molecular weight excluding hydrogens is 637 g/mol. The molecule has 286 valence electrons. The van der Waals surface area contributed by atoms with Gasteiger partial charge in [0.2, 0.25) is 0 Å². The number of hydrogen-bond acceptors (Lipinski definition) is 6. The highest BCUT2D eigenvalue weighted by Crippen LogP contribution is 2.43. The van der Waals surface area contributed by atoms with Gasteiger partial charge in [0.05, 0.1) is 34.4 Å². The van der Waals surface area contributed by atoms with Crippen LogP contribution in [-0.4, -0.2) is 75.6 Å². The molecule has 0 aliphatic carbocycles. The smallest absolute Gasteiger partial charge is 0.457 e. The van der Waals surface area contributed by atoms with Crippen molar-refractivity contribution in [2.24, 2.45) is 0 Å². The van der Waals surface area contributed by atoms with Crippen LogP contribution >= 0.6 is 7.82 Å². The number of hydrogen-bond donors (Lipinski definition) is 1. The van der Waals surface area contributed by atoms with Gasteiger partial charge < -0.3 is 18.9 Å². The number of phosphoric ester groups is 1. The summed E-state index contributed by atoms with van der Waals surface area (Å²) in [6, 6.07) is 0. The number of carbonyl (C=O) groups excluding carboxylic acids is 1. The Hall–Kier alpha value is -1.54. The van der Waals surface area contributed by atoms with Gasteiger partial charge in [-0.05, 0) is 44.9 Å². The molecule has 0 saturated carbocycles. The van der Waals surface area contributed by atoms with Gasteiger partial charge in [-0.2, -0.15) is 0 Å². The lowest BCUT2D eigenvalue weighted by atomic mass is 10.0. The largest absolute Gasteiger partial charge is 0.472 e. The summed E-state index contributed by atoms with van der Waals surface area (Å²) >= 11 is 0. The summed E-state index contributed by atoms with van der Waals surface area (Å²) in [5.41, 5.74) is 0. The number of unbranched alkanes of at least 4 members (excludes halogenated alkanes) is 13. The van der Waals surface area contributed by atoms with Crippen molar-refractivity contribution in [3.05, 3.63) is 48.6 Å². The van der Waals surface area contributed by atoms with Gasteiger partial charge in [0.15, 0.2) is 0 Å². The van der Waals surface area contributed by atoms with Gasteiger partial charge in [-0.25, -0.2) is 4.57 Å². The van der Waals surface area contributed by atoms with Crippen LogP contribution in [0.15, 0.2) is 48.6 Å². The highest BCUT2D eigenvalue weighted by atomic mass is 31.2. The predicted octanol–water partition coefficient (Wildman–Crippen LogP) is 10.8. The molecule has 0 heterocycles. The molecule has 0 aliphatic rings. The van der Waals surface area contributed by atoms with Crippen molar-refractivity contribution in [2.45, 2.75) is 148 Å². The molecule has 0 spiro atoms. The van der Waals surface area contributed by atoms with Crippen LogP contribution < -0.4 is 0 Å². The molecular formula is C40H75NO7P+. The lowest BCUT2D eigenvalue weighted by Gasteiger charge is -2.24. The molecule has 0 bridgehead atoms. The van der Waals surface area contributed by atoms with Crippen molar-refractivity contribution in [1.29, 1.82) is 0 Å². The van der Waals surface area contributed by atoms with E-state index >= 15 is 0 Å². The average Bonchev–Trinajstić information content (AvgIpc) is 3.04. The Morgan fingerprint density at radius 3 is 1.69 bits per heavy atom. The van der Waals surface area contributed by atoms with Gasteiger partial charge in [-0.3, -0.25) is 13.8 Å². The first-order valence-corrected chi connectivity index (χ1v) is 20.9. The number of quaternary nitrogens is 1. The molecule has 0 aromatic heterocycles. The molecule has 0 aromatic carbocycles. The van der Waals surface area contributed by atoms with Gasteiger partial charge in [0, 0.05) is 13.0 Å². The van der Waals surface area contributed by atoms with E-state index in [2.05, 4.69) is 62.5 Å². The topological polar surface area (TPSA) is 91.3 Å². The van der Waals surface area contributed by atoms with E-state index in [1.807, 2.05) is 21.1 Å². The Morgan fingerprint density at radius 1 is 0.653 bits per heavy atom. The van der Waals surface area contributed by atoms with E-state index in [9.17, 15) is 14.3 Å². The Balaban J connectivity index is 4.39. The molecule has 49 heavy (non-hydrogen) atoms. The lowest BCUT2D eigenvalue weighted by Crippen LogP contribution is -2.37. The minimum absolute atomic E-state index is 0.0780. The molecule has 0 aliphatic heterocycles. The zero-order chi connectivity index (χ0) is 36.3. The molecule has 0 radical (unpaired) electrons. The lowest BCUT2D eigenvalue weighted by molar-refractivity contribution is -0.870.